The molecule has 3 heteroatoms. The molecular weight excluding hydrogens is 176 g/mol. The molecule has 1 N–H and O–H groups in total. The molecule has 0 aliphatic carbocycles. The zero-order valence-electron chi connectivity index (χ0n) is 9.55. The summed E-state index contributed by atoms with van der Waals surface area (Å²) in [7, 11) is 0. The van der Waals surface area contributed by atoms with Crippen molar-refractivity contribution in [2.75, 3.05) is 19.6 Å². The van der Waals surface area contributed by atoms with Crippen LogP contribution in [0.15, 0.2) is 0 Å². The van der Waals surface area contributed by atoms with Crippen LogP contribution in [0, 0.1) is 5.92 Å². The molecule has 1 aliphatic rings. The lowest BCUT2D eigenvalue weighted by Crippen LogP contribution is -2.50. The van der Waals surface area contributed by atoms with E-state index in [0.29, 0.717) is 12.0 Å². The second kappa shape index (κ2) is 5.35. The Kier molecular flexibility index (Phi) is 4.39. The topological polar surface area (TPSA) is 32.3 Å². The van der Waals surface area contributed by atoms with Crippen molar-refractivity contribution >= 4 is 5.91 Å². The van der Waals surface area contributed by atoms with Gasteiger partial charge in [0.05, 0.1) is 0 Å². The van der Waals surface area contributed by atoms with Gasteiger partial charge in [-0.05, 0) is 18.9 Å². The predicted molar refractivity (Wildman–Crippen MR) is 58.1 cm³/mol. The fourth-order valence-corrected chi connectivity index (χ4v) is 2.26. The summed E-state index contributed by atoms with van der Waals surface area (Å²) >= 11 is 0. The SMILES string of the molecule is CCNC1CCN(C(C)=O)CC1CC. The fraction of sp³-hybridized carbons (Fsp3) is 0.909. The van der Waals surface area contributed by atoms with Crippen LogP contribution in [0.2, 0.25) is 0 Å². The van der Waals surface area contributed by atoms with Crippen LogP contribution in [0.5, 0.6) is 0 Å². The van der Waals surface area contributed by atoms with E-state index in [4.69, 9.17) is 0 Å². The van der Waals surface area contributed by atoms with Gasteiger partial charge in [-0.25, -0.2) is 0 Å². The summed E-state index contributed by atoms with van der Waals surface area (Å²) in [6, 6.07) is 0.612. The molecule has 0 saturated carbocycles. The van der Waals surface area contributed by atoms with Crippen LogP contribution in [0.3, 0.4) is 0 Å². The molecule has 1 fully saturated rings. The minimum absolute atomic E-state index is 0.221. The lowest BCUT2D eigenvalue weighted by Gasteiger charge is -2.38. The first-order valence-corrected chi connectivity index (χ1v) is 5.67. The van der Waals surface area contributed by atoms with E-state index in [1.165, 1.54) is 0 Å². The van der Waals surface area contributed by atoms with E-state index in [2.05, 4.69) is 19.2 Å². The first-order chi connectivity index (χ1) is 6.69. The normalized spacial score (nSPS) is 27.8. The number of likely N-dealkylation sites (tertiary alicyclic amines) is 1. The summed E-state index contributed by atoms with van der Waals surface area (Å²) in [5, 5.41) is 3.51. The summed E-state index contributed by atoms with van der Waals surface area (Å²) < 4.78 is 0. The summed E-state index contributed by atoms with van der Waals surface area (Å²) in [6.07, 6.45) is 2.26. The van der Waals surface area contributed by atoms with E-state index < -0.39 is 0 Å². The molecule has 1 rings (SSSR count). The average molecular weight is 198 g/mol. The first-order valence-electron chi connectivity index (χ1n) is 5.67. The molecule has 2 unspecified atom stereocenters. The Bertz CT molecular complexity index is 194. The van der Waals surface area contributed by atoms with Crippen molar-refractivity contribution in [3.8, 4) is 0 Å². The van der Waals surface area contributed by atoms with E-state index in [9.17, 15) is 4.79 Å². The standard InChI is InChI=1S/C11H22N2O/c1-4-10-8-13(9(3)14)7-6-11(10)12-5-2/h10-12H,4-8H2,1-3H3. The van der Waals surface area contributed by atoms with Gasteiger partial charge in [0.2, 0.25) is 5.91 Å². The van der Waals surface area contributed by atoms with Gasteiger partial charge in [-0.15, -0.1) is 0 Å². The van der Waals surface area contributed by atoms with Crippen LogP contribution in [0.4, 0.5) is 0 Å². The third-order valence-corrected chi connectivity index (χ3v) is 3.17. The summed E-state index contributed by atoms with van der Waals surface area (Å²) in [5.41, 5.74) is 0. The Morgan fingerprint density at radius 3 is 2.71 bits per heavy atom. The van der Waals surface area contributed by atoms with Crippen LogP contribution >= 0.6 is 0 Å². The fourth-order valence-electron chi connectivity index (χ4n) is 2.26. The summed E-state index contributed by atoms with van der Waals surface area (Å²) in [5.74, 6) is 0.853. The number of nitrogens with one attached hydrogen (secondary N) is 1. The first kappa shape index (κ1) is 11.5. The van der Waals surface area contributed by atoms with Crippen molar-refractivity contribution in [2.24, 2.45) is 5.92 Å². The van der Waals surface area contributed by atoms with Crippen LogP contribution in [-0.2, 0) is 4.79 Å². The molecule has 3 nitrogen and oxygen atoms in total. The zero-order valence-corrected chi connectivity index (χ0v) is 9.55. The van der Waals surface area contributed by atoms with E-state index >= 15 is 0 Å². The maximum Gasteiger partial charge on any atom is 0.219 e. The number of nitrogens with zero attached hydrogens (tertiary/aromatic N) is 1. The van der Waals surface area contributed by atoms with Gasteiger partial charge in [-0.3, -0.25) is 4.79 Å². The molecule has 1 aliphatic heterocycles. The van der Waals surface area contributed by atoms with Crippen molar-refractivity contribution < 1.29 is 4.79 Å². The Hall–Kier alpha value is -0.570. The smallest absolute Gasteiger partial charge is 0.219 e. The monoisotopic (exact) mass is 198 g/mol. The predicted octanol–water partition coefficient (Wildman–Crippen LogP) is 1.24. The highest BCUT2D eigenvalue weighted by Gasteiger charge is 2.28. The highest BCUT2D eigenvalue weighted by molar-refractivity contribution is 5.73. The second-order valence-electron chi connectivity index (χ2n) is 4.09. The molecule has 14 heavy (non-hydrogen) atoms. The van der Waals surface area contributed by atoms with E-state index in [0.717, 1.165) is 32.5 Å². The van der Waals surface area contributed by atoms with Gasteiger partial charge in [0.15, 0.2) is 0 Å². The summed E-state index contributed by atoms with van der Waals surface area (Å²) in [6.45, 7) is 8.90. The van der Waals surface area contributed by atoms with Gasteiger partial charge in [0.1, 0.15) is 0 Å². The number of hydrogen-bond acceptors (Lipinski definition) is 2. The molecule has 1 heterocycles. The molecule has 0 radical (unpaired) electrons. The third-order valence-electron chi connectivity index (χ3n) is 3.17. The van der Waals surface area contributed by atoms with Crippen LogP contribution in [-0.4, -0.2) is 36.5 Å². The minimum Gasteiger partial charge on any atom is -0.343 e. The zero-order chi connectivity index (χ0) is 10.6. The highest BCUT2D eigenvalue weighted by atomic mass is 16.2. The molecule has 1 amide bonds. The number of amides is 1. The Labute approximate surface area is 86.9 Å². The molecule has 0 aromatic heterocycles. The van der Waals surface area contributed by atoms with Gasteiger partial charge in [0.25, 0.3) is 0 Å². The lowest BCUT2D eigenvalue weighted by atomic mass is 9.90. The molecule has 0 spiro atoms. The Morgan fingerprint density at radius 1 is 1.50 bits per heavy atom. The molecule has 1 saturated heterocycles. The molecule has 2 atom stereocenters. The maximum atomic E-state index is 11.2. The highest BCUT2D eigenvalue weighted by Crippen LogP contribution is 2.20. The van der Waals surface area contributed by atoms with Crippen LogP contribution in [0.1, 0.15) is 33.6 Å². The van der Waals surface area contributed by atoms with Crippen molar-refractivity contribution in [2.45, 2.75) is 39.7 Å². The number of piperidine rings is 1. The molecule has 0 bridgehead atoms. The quantitative estimate of drug-likeness (QED) is 0.740. The maximum absolute atomic E-state index is 11.2. The van der Waals surface area contributed by atoms with E-state index in [-0.39, 0.29) is 5.91 Å². The van der Waals surface area contributed by atoms with Gasteiger partial charge < -0.3 is 10.2 Å². The Morgan fingerprint density at radius 2 is 2.21 bits per heavy atom. The number of rotatable bonds is 3. The van der Waals surface area contributed by atoms with Gasteiger partial charge in [0, 0.05) is 26.1 Å². The average Bonchev–Trinajstić information content (AvgIpc) is 2.18. The Balaban J connectivity index is 2.50. The second-order valence-corrected chi connectivity index (χ2v) is 4.09. The van der Waals surface area contributed by atoms with Crippen molar-refractivity contribution in [3.05, 3.63) is 0 Å². The van der Waals surface area contributed by atoms with Gasteiger partial charge in [-0.2, -0.15) is 0 Å². The molecular formula is C11H22N2O. The van der Waals surface area contributed by atoms with Gasteiger partial charge >= 0.3 is 0 Å². The van der Waals surface area contributed by atoms with Crippen LogP contribution < -0.4 is 5.32 Å². The summed E-state index contributed by atoms with van der Waals surface area (Å²) in [4.78, 5) is 13.2. The third kappa shape index (κ3) is 2.71. The van der Waals surface area contributed by atoms with E-state index in [1.807, 2.05) is 4.90 Å². The molecule has 82 valence electrons. The van der Waals surface area contributed by atoms with Crippen molar-refractivity contribution in [3.63, 3.8) is 0 Å². The van der Waals surface area contributed by atoms with Crippen LogP contribution in [0.25, 0.3) is 0 Å². The van der Waals surface area contributed by atoms with E-state index in [1.54, 1.807) is 6.92 Å². The number of hydrogen-bond donors (Lipinski definition) is 1. The van der Waals surface area contributed by atoms with Gasteiger partial charge in [-0.1, -0.05) is 20.3 Å². The molecule has 0 aromatic carbocycles. The number of carbonyl (C=O) groups is 1. The number of carbonyl (C=O) groups excluding carboxylic acids is 1. The van der Waals surface area contributed by atoms with Crippen molar-refractivity contribution in [1.29, 1.82) is 0 Å². The molecule has 0 aromatic rings. The van der Waals surface area contributed by atoms with Crippen molar-refractivity contribution in [1.82, 2.24) is 10.2 Å². The largest absolute Gasteiger partial charge is 0.343 e. The lowest BCUT2D eigenvalue weighted by molar-refractivity contribution is -0.131. The minimum atomic E-state index is 0.221.